The topological polar surface area (TPSA) is 50.2 Å². The van der Waals surface area contributed by atoms with E-state index in [9.17, 15) is 4.79 Å². The first-order valence-corrected chi connectivity index (χ1v) is 11.6. The van der Waals surface area contributed by atoms with E-state index in [-0.39, 0.29) is 18.3 Å². The lowest BCUT2D eigenvalue weighted by atomic mass is 10.1. The van der Waals surface area contributed by atoms with Gasteiger partial charge >= 0.3 is 0 Å². The third-order valence-corrected chi connectivity index (χ3v) is 6.64. The van der Waals surface area contributed by atoms with Gasteiger partial charge in [0.2, 0.25) is 0 Å². The number of amides is 1. The smallest absolute Gasteiger partial charge is 0.279 e. The van der Waals surface area contributed by atoms with Crippen LogP contribution in [0.5, 0.6) is 5.75 Å². The number of carbonyl (C=O) groups is 1. The van der Waals surface area contributed by atoms with Crippen LogP contribution < -0.4 is 9.64 Å². The molecule has 3 aromatic rings. The summed E-state index contributed by atoms with van der Waals surface area (Å²) in [5.41, 5.74) is 2.75. The van der Waals surface area contributed by atoms with Gasteiger partial charge in [0.15, 0.2) is 0 Å². The first-order valence-electron chi connectivity index (χ1n) is 11.2. The third-order valence-electron chi connectivity index (χ3n) is 6.32. The lowest BCUT2D eigenvalue weighted by Crippen LogP contribution is -2.46. The van der Waals surface area contributed by atoms with Crippen LogP contribution in [0.3, 0.4) is 0 Å². The Hall–Kier alpha value is -2.45. The van der Waals surface area contributed by atoms with Gasteiger partial charge in [0.25, 0.3) is 5.91 Å². The summed E-state index contributed by atoms with van der Waals surface area (Å²) >= 11 is 6.36. The molecule has 184 valence electrons. The molecule has 0 radical (unpaired) electrons. The van der Waals surface area contributed by atoms with Gasteiger partial charge in [-0.1, -0.05) is 23.7 Å². The normalized spacial score (nSPS) is 14.2. The highest BCUT2D eigenvalue weighted by Gasteiger charge is 2.21. The molecule has 9 heteroatoms. The van der Waals surface area contributed by atoms with Crippen molar-refractivity contribution in [3.8, 4) is 5.75 Å². The van der Waals surface area contributed by atoms with Crippen molar-refractivity contribution < 1.29 is 14.4 Å². The van der Waals surface area contributed by atoms with Gasteiger partial charge in [0.05, 0.1) is 30.5 Å². The molecule has 0 bridgehead atoms. The van der Waals surface area contributed by atoms with Gasteiger partial charge in [0.1, 0.15) is 5.75 Å². The van der Waals surface area contributed by atoms with Crippen LogP contribution in [0.4, 0.5) is 5.69 Å². The Morgan fingerprint density at radius 1 is 1.06 bits per heavy atom. The fraction of sp³-hybridized carbons (Fsp3) is 0.400. The molecular formula is C25H32Cl2N4O3. The number of ether oxygens (including phenoxy) is 1. The number of fused-ring (bicyclic) bond motifs is 1. The van der Waals surface area contributed by atoms with Gasteiger partial charge in [-0.25, -0.2) is 5.06 Å². The van der Waals surface area contributed by atoms with Crippen molar-refractivity contribution in [3.63, 3.8) is 0 Å². The molecule has 0 atom stereocenters. The monoisotopic (exact) mass is 506 g/mol. The molecule has 0 saturated carbocycles. The number of para-hydroxylation sites is 1. The molecule has 7 nitrogen and oxygen atoms in total. The number of methoxy groups -OCH3 is 1. The summed E-state index contributed by atoms with van der Waals surface area (Å²) in [5.74, 6) is 0.552. The number of piperazine rings is 1. The summed E-state index contributed by atoms with van der Waals surface area (Å²) < 4.78 is 7.54. The Morgan fingerprint density at radius 2 is 1.79 bits per heavy atom. The standard InChI is InChI=1S/C25H31ClN4O3.ClH/c1-27(33-3)25(31)21-18-30(23-10-9-19(32-2)17-20(21)23)12-6-11-28-13-15-29(16-14-28)24-8-5-4-7-22(24)26;/h4-5,7-10,17-18H,6,11-16H2,1-3H3;1H. The number of anilines is 1. The molecule has 0 spiro atoms. The third kappa shape index (κ3) is 5.61. The van der Waals surface area contributed by atoms with Crippen LogP contribution in [-0.4, -0.2) is 74.4 Å². The van der Waals surface area contributed by atoms with Crippen molar-refractivity contribution >= 4 is 46.5 Å². The Balaban J connectivity index is 0.00000324. The summed E-state index contributed by atoms with van der Waals surface area (Å²) in [6.07, 6.45) is 2.92. The molecular weight excluding hydrogens is 475 g/mol. The van der Waals surface area contributed by atoms with Gasteiger partial charge in [-0.2, -0.15) is 0 Å². The summed E-state index contributed by atoms with van der Waals surface area (Å²) in [5, 5.41) is 2.93. The first kappa shape index (κ1) is 26.2. The van der Waals surface area contributed by atoms with Crippen LogP contribution in [0.15, 0.2) is 48.7 Å². The van der Waals surface area contributed by atoms with Gasteiger partial charge in [-0.05, 0) is 43.3 Å². The Morgan fingerprint density at radius 3 is 2.47 bits per heavy atom. The van der Waals surface area contributed by atoms with Crippen LogP contribution in [0.1, 0.15) is 16.8 Å². The van der Waals surface area contributed by atoms with Gasteiger partial charge in [-0.3, -0.25) is 14.5 Å². The average Bonchev–Trinajstić information content (AvgIpc) is 3.21. The highest BCUT2D eigenvalue weighted by atomic mass is 35.5. The fourth-order valence-corrected chi connectivity index (χ4v) is 4.65. The van der Waals surface area contributed by atoms with Gasteiger partial charge in [-0.15, -0.1) is 12.4 Å². The number of aryl methyl sites for hydroxylation is 1. The average molecular weight is 507 g/mol. The number of hydrogen-bond donors (Lipinski definition) is 0. The second kappa shape index (κ2) is 11.8. The molecule has 1 amide bonds. The molecule has 1 aliphatic heterocycles. The zero-order valence-electron chi connectivity index (χ0n) is 19.9. The number of rotatable bonds is 8. The molecule has 1 saturated heterocycles. The molecule has 0 unspecified atom stereocenters. The van der Waals surface area contributed by atoms with Gasteiger partial charge < -0.3 is 14.2 Å². The number of benzene rings is 2. The SMILES string of the molecule is COc1ccc2c(c1)c(C(=O)N(C)OC)cn2CCCN1CCN(c2ccccc2Cl)CC1.Cl. The highest BCUT2D eigenvalue weighted by Crippen LogP contribution is 2.28. The summed E-state index contributed by atoms with van der Waals surface area (Å²) in [6.45, 7) is 5.80. The van der Waals surface area contributed by atoms with E-state index in [4.69, 9.17) is 21.2 Å². The molecule has 4 rings (SSSR count). The zero-order valence-corrected chi connectivity index (χ0v) is 21.4. The molecule has 1 aliphatic rings. The number of nitrogens with zero attached hydrogens (tertiary/aromatic N) is 4. The minimum atomic E-state index is -0.176. The van der Waals surface area contributed by atoms with E-state index in [1.807, 2.05) is 42.6 Å². The minimum absolute atomic E-state index is 0. The van der Waals surface area contributed by atoms with Crippen LogP contribution in [0, 0.1) is 0 Å². The zero-order chi connectivity index (χ0) is 23.4. The van der Waals surface area contributed by atoms with Crippen molar-refractivity contribution in [2.45, 2.75) is 13.0 Å². The van der Waals surface area contributed by atoms with Gasteiger partial charge in [0, 0.05) is 56.9 Å². The predicted molar refractivity (Wildman–Crippen MR) is 140 cm³/mol. The molecule has 0 N–H and O–H groups in total. The van der Waals surface area contributed by atoms with Crippen molar-refractivity contribution in [2.24, 2.45) is 0 Å². The number of halogens is 2. The maximum Gasteiger partial charge on any atom is 0.279 e. The summed E-state index contributed by atoms with van der Waals surface area (Å²) in [4.78, 5) is 22.8. The van der Waals surface area contributed by atoms with E-state index in [1.54, 1.807) is 14.2 Å². The Labute approximate surface area is 212 Å². The van der Waals surface area contributed by atoms with Crippen LogP contribution in [0.25, 0.3) is 10.9 Å². The number of carbonyl (C=O) groups excluding carboxylic acids is 1. The summed E-state index contributed by atoms with van der Waals surface area (Å²) in [7, 11) is 4.74. The Kier molecular flexibility index (Phi) is 9.08. The first-order chi connectivity index (χ1) is 16.0. The molecule has 34 heavy (non-hydrogen) atoms. The number of aromatic nitrogens is 1. The molecule has 1 fully saturated rings. The van der Waals surface area contributed by atoms with E-state index in [1.165, 1.54) is 12.2 Å². The Bertz CT molecular complexity index is 1110. The van der Waals surface area contributed by atoms with Crippen molar-refractivity contribution in [1.29, 1.82) is 0 Å². The van der Waals surface area contributed by atoms with Crippen LogP contribution in [0.2, 0.25) is 5.02 Å². The van der Waals surface area contributed by atoms with Crippen molar-refractivity contribution in [2.75, 3.05) is 58.9 Å². The maximum absolute atomic E-state index is 12.8. The molecule has 1 aromatic heterocycles. The number of hydroxylamine groups is 2. The number of hydrogen-bond acceptors (Lipinski definition) is 5. The second-order valence-electron chi connectivity index (χ2n) is 8.24. The van der Waals surface area contributed by atoms with E-state index >= 15 is 0 Å². The molecule has 2 aromatic carbocycles. The van der Waals surface area contributed by atoms with E-state index in [0.717, 1.165) is 73.1 Å². The van der Waals surface area contributed by atoms with Crippen molar-refractivity contribution in [3.05, 3.63) is 59.2 Å². The maximum atomic E-state index is 12.8. The second-order valence-corrected chi connectivity index (χ2v) is 8.65. The van der Waals surface area contributed by atoms with Crippen molar-refractivity contribution in [1.82, 2.24) is 14.5 Å². The fourth-order valence-electron chi connectivity index (χ4n) is 4.40. The lowest BCUT2D eigenvalue weighted by molar-refractivity contribution is -0.0755. The molecule has 2 heterocycles. The van der Waals surface area contributed by atoms with E-state index in [0.29, 0.717) is 5.56 Å². The predicted octanol–water partition coefficient (Wildman–Crippen LogP) is 4.57. The quantitative estimate of drug-likeness (QED) is 0.418. The van der Waals surface area contributed by atoms with E-state index in [2.05, 4.69) is 20.4 Å². The van der Waals surface area contributed by atoms with E-state index < -0.39 is 0 Å². The van der Waals surface area contributed by atoms with Crippen LogP contribution >= 0.6 is 24.0 Å². The summed E-state index contributed by atoms with van der Waals surface area (Å²) in [6, 6.07) is 13.9. The molecule has 0 aliphatic carbocycles. The minimum Gasteiger partial charge on any atom is -0.497 e. The highest BCUT2D eigenvalue weighted by molar-refractivity contribution is 6.33. The largest absolute Gasteiger partial charge is 0.497 e. The van der Waals surface area contributed by atoms with Crippen LogP contribution in [-0.2, 0) is 11.4 Å². The lowest BCUT2D eigenvalue weighted by Gasteiger charge is -2.36.